The van der Waals surface area contributed by atoms with Crippen LogP contribution in [0, 0.1) is 13.8 Å². The van der Waals surface area contributed by atoms with E-state index in [-0.39, 0.29) is 0 Å². The third-order valence-corrected chi connectivity index (χ3v) is 4.94. The second-order valence-electron chi connectivity index (χ2n) is 6.01. The molecule has 0 aliphatic carbocycles. The van der Waals surface area contributed by atoms with Gasteiger partial charge in [-0.05, 0) is 31.5 Å². The average molecular weight is 350 g/mol. The maximum Gasteiger partial charge on any atom is 0.212 e. The molecule has 0 bridgehead atoms. The zero-order chi connectivity index (χ0) is 17.2. The van der Waals surface area contributed by atoms with E-state index in [1.54, 1.807) is 16.4 Å². The van der Waals surface area contributed by atoms with Gasteiger partial charge in [-0.1, -0.05) is 59.3 Å². The fourth-order valence-corrected chi connectivity index (χ4v) is 3.39. The Morgan fingerprint density at radius 1 is 0.960 bits per heavy atom. The monoisotopic (exact) mass is 350 g/mol. The number of rotatable bonds is 4. The summed E-state index contributed by atoms with van der Waals surface area (Å²) >= 11 is 1.64. The molecule has 0 saturated heterocycles. The molecule has 3 aromatic rings. The number of hydrogen-bond acceptors (Lipinski definition) is 5. The normalized spacial score (nSPS) is 13.3. The number of aromatic nitrogens is 3. The van der Waals surface area contributed by atoms with Crippen molar-refractivity contribution in [3.8, 4) is 5.75 Å². The topological polar surface area (TPSA) is 52.3 Å². The summed E-state index contributed by atoms with van der Waals surface area (Å²) in [5, 5.41) is 14.0. The lowest BCUT2D eigenvalue weighted by Gasteiger charge is -2.14. The molecule has 5 nitrogen and oxygen atoms in total. The summed E-state index contributed by atoms with van der Waals surface area (Å²) in [6.45, 7) is 4.47. The third kappa shape index (κ3) is 3.44. The van der Waals surface area contributed by atoms with Gasteiger partial charge in [0.1, 0.15) is 12.4 Å². The molecule has 0 amide bonds. The highest BCUT2D eigenvalue weighted by Gasteiger charge is 2.20. The van der Waals surface area contributed by atoms with Gasteiger partial charge in [-0.25, -0.2) is 0 Å². The van der Waals surface area contributed by atoms with E-state index in [9.17, 15) is 0 Å². The minimum Gasteiger partial charge on any atom is -0.486 e. The van der Waals surface area contributed by atoms with Gasteiger partial charge < -0.3 is 4.74 Å². The molecular formula is C19H18N4OS. The predicted octanol–water partition coefficient (Wildman–Crippen LogP) is 3.83. The van der Waals surface area contributed by atoms with Crippen molar-refractivity contribution in [3.05, 3.63) is 71.0 Å². The Hall–Kier alpha value is -2.60. The minimum atomic E-state index is 0.335. The Bertz CT molecular complexity index is 914. The van der Waals surface area contributed by atoms with E-state index >= 15 is 0 Å². The van der Waals surface area contributed by atoms with Crippen LogP contribution in [0.1, 0.15) is 22.5 Å². The van der Waals surface area contributed by atoms with E-state index < -0.39 is 0 Å². The first-order valence-electron chi connectivity index (χ1n) is 8.10. The summed E-state index contributed by atoms with van der Waals surface area (Å²) in [6, 6.07) is 16.4. The first-order chi connectivity index (χ1) is 12.2. The quantitative estimate of drug-likeness (QED) is 0.717. The van der Waals surface area contributed by atoms with Crippen LogP contribution in [0.2, 0.25) is 0 Å². The summed E-state index contributed by atoms with van der Waals surface area (Å²) < 4.78 is 7.62. The first kappa shape index (κ1) is 15.9. The summed E-state index contributed by atoms with van der Waals surface area (Å²) in [5.41, 5.74) is 4.60. The van der Waals surface area contributed by atoms with Crippen molar-refractivity contribution in [2.75, 3.05) is 5.75 Å². The van der Waals surface area contributed by atoms with Crippen LogP contribution in [0.3, 0.4) is 0 Å². The number of benzene rings is 2. The molecule has 6 heteroatoms. The molecule has 1 aliphatic rings. The number of nitrogens with zero attached hydrogens (tertiary/aromatic N) is 4. The molecule has 0 unspecified atom stereocenters. The third-order valence-electron chi connectivity index (χ3n) is 4.01. The molecule has 0 spiro atoms. The van der Waals surface area contributed by atoms with E-state index in [1.807, 2.05) is 24.3 Å². The van der Waals surface area contributed by atoms with Crippen LogP contribution in [0.5, 0.6) is 5.75 Å². The molecular weight excluding hydrogens is 332 g/mol. The van der Waals surface area contributed by atoms with Gasteiger partial charge in [0.15, 0.2) is 5.82 Å². The Balaban J connectivity index is 1.56. The van der Waals surface area contributed by atoms with Gasteiger partial charge >= 0.3 is 0 Å². The molecule has 1 aromatic heterocycles. The predicted molar refractivity (Wildman–Crippen MR) is 99.4 cm³/mol. The van der Waals surface area contributed by atoms with Crippen LogP contribution in [-0.4, -0.2) is 26.3 Å². The molecule has 0 N–H and O–H groups in total. The van der Waals surface area contributed by atoms with Gasteiger partial charge in [-0.2, -0.15) is 9.78 Å². The smallest absolute Gasteiger partial charge is 0.212 e. The summed E-state index contributed by atoms with van der Waals surface area (Å²) in [4.78, 5) is 0. The summed E-state index contributed by atoms with van der Waals surface area (Å²) in [6.07, 6.45) is 0. The standard InChI is InChI=1S/C19H18N4OS/c1-13-3-7-15(8-4-13)17-12-25-19-21-20-18(23(19)22-17)11-24-16-9-5-14(2)6-10-16/h3-10H,11-12H2,1-2H3. The maximum absolute atomic E-state index is 5.83. The summed E-state index contributed by atoms with van der Waals surface area (Å²) in [7, 11) is 0. The molecule has 2 aromatic carbocycles. The SMILES string of the molecule is Cc1ccc(OCc2nnc3n2N=C(c2ccc(C)cc2)CS3)cc1. The van der Waals surface area contributed by atoms with Crippen LogP contribution in [0.15, 0.2) is 58.8 Å². The maximum atomic E-state index is 5.83. The van der Waals surface area contributed by atoms with Crippen molar-refractivity contribution in [1.29, 1.82) is 0 Å². The molecule has 1 aliphatic heterocycles. The lowest BCUT2D eigenvalue weighted by molar-refractivity contribution is 0.290. The van der Waals surface area contributed by atoms with Crippen LogP contribution in [-0.2, 0) is 6.61 Å². The number of ether oxygens (including phenoxy) is 1. The highest BCUT2D eigenvalue weighted by Crippen LogP contribution is 2.24. The number of hydrogen-bond donors (Lipinski definition) is 0. The van der Waals surface area contributed by atoms with Crippen LogP contribution in [0.4, 0.5) is 0 Å². The zero-order valence-corrected chi connectivity index (χ0v) is 15.0. The highest BCUT2D eigenvalue weighted by atomic mass is 32.2. The van der Waals surface area contributed by atoms with E-state index in [2.05, 4.69) is 48.3 Å². The van der Waals surface area contributed by atoms with Crippen molar-refractivity contribution in [1.82, 2.24) is 14.9 Å². The second kappa shape index (κ2) is 6.72. The zero-order valence-electron chi connectivity index (χ0n) is 14.1. The molecule has 25 heavy (non-hydrogen) atoms. The van der Waals surface area contributed by atoms with Crippen LogP contribution >= 0.6 is 11.8 Å². The minimum absolute atomic E-state index is 0.335. The fourth-order valence-electron chi connectivity index (χ4n) is 2.53. The van der Waals surface area contributed by atoms with Gasteiger partial charge in [0.05, 0.1) is 5.71 Å². The Labute approximate surface area is 150 Å². The molecule has 0 fully saturated rings. The molecule has 126 valence electrons. The van der Waals surface area contributed by atoms with Gasteiger partial charge in [0.2, 0.25) is 5.16 Å². The van der Waals surface area contributed by atoms with Crippen molar-refractivity contribution >= 4 is 17.5 Å². The Kier molecular flexibility index (Phi) is 4.28. The van der Waals surface area contributed by atoms with Gasteiger partial charge in [-0.15, -0.1) is 10.2 Å². The van der Waals surface area contributed by atoms with Crippen molar-refractivity contribution in [2.24, 2.45) is 5.10 Å². The second-order valence-corrected chi connectivity index (χ2v) is 6.96. The lowest BCUT2D eigenvalue weighted by Crippen LogP contribution is -2.15. The Morgan fingerprint density at radius 2 is 1.64 bits per heavy atom. The van der Waals surface area contributed by atoms with E-state index in [4.69, 9.17) is 9.84 Å². The Morgan fingerprint density at radius 3 is 2.36 bits per heavy atom. The molecule has 0 radical (unpaired) electrons. The van der Waals surface area contributed by atoms with Crippen LogP contribution in [0.25, 0.3) is 0 Å². The van der Waals surface area contributed by atoms with Crippen molar-refractivity contribution < 1.29 is 4.74 Å². The largest absolute Gasteiger partial charge is 0.486 e. The van der Waals surface area contributed by atoms with Crippen molar-refractivity contribution in [3.63, 3.8) is 0 Å². The van der Waals surface area contributed by atoms with Gasteiger partial charge in [0, 0.05) is 5.75 Å². The van der Waals surface area contributed by atoms with Crippen LogP contribution < -0.4 is 4.74 Å². The fraction of sp³-hybridized carbons (Fsp3) is 0.211. The molecule has 0 atom stereocenters. The van der Waals surface area contributed by atoms with E-state index in [0.717, 1.165) is 27.9 Å². The molecule has 4 rings (SSSR count). The first-order valence-corrected chi connectivity index (χ1v) is 9.09. The van der Waals surface area contributed by atoms with E-state index in [0.29, 0.717) is 12.4 Å². The molecule has 2 heterocycles. The lowest BCUT2D eigenvalue weighted by atomic mass is 10.1. The van der Waals surface area contributed by atoms with Gasteiger partial charge in [-0.3, -0.25) is 0 Å². The number of aryl methyl sites for hydroxylation is 2. The van der Waals surface area contributed by atoms with Crippen molar-refractivity contribution in [2.45, 2.75) is 25.6 Å². The molecule has 0 saturated carbocycles. The average Bonchev–Trinajstić information content (AvgIpc) is 3.04. The summed E-state index contributed by atoms with van der Waals surface area (Å²) in [5.74, 6) is 2.31. The number of fused-ring (bicyclic) bond motifs is 1. The highest BCUT2D eigenvalue weighted by molar-refractivity contribution is 7.99. The number of thioether (sulfide) groups is 1. The van der Waals surface area contributed by atoms with Gasteiger partial charge in [0.25, 0.3) is 0 Å². The van der Waals surface area contributed by atoms with E-state index in [1.165, 1.54) is 11.1 Å².